The highest BCUT2D eigenvalue weighted by Gasteiger charge is 2.22. The van der Waals surface area contributed by atoms with Crippen molar-refractivity contribution in [2.75, 3.05) is 19.5 Å². The molecule has 1 saturated carbocycles. The van der Waals surface area contributed by atoms with Crippen molar-refractivity contribution in [3.63, 3.8) is 0 Å². The molecule has 0 radical (unpaired) electrons. The minimum atomic E-state index is 0.216. The molecule has 2 aliphatic carbocycles. The van der Waals surface area contributed by atoms with Crippen LogP contribution in [0.25, 0.3) is 28.1 Å². The van der Waals surface area contributed by atoms with Crippen LogP contribution in [0.4, 0.5) is 11.4 Å². The van der Waals surface area contributed by atoms with E-state index in [-0.39, 0.29) is 6.04 Å². The van der Waals surface area contributed by atoms with E-state index in [4.69, 9.17) is 19.5 Å². The summed E-state index contributed by atoms with van der Waals surface area (Å²) in [7, 11) is 3.40. The van der Waals surface area contributed by atoms with E-state index in [1.165, 1.54) is 0 Å². The number of nitrogens with zero attached hydrogens (tertiary/aromatic N) is 4. The van der Waals surface area contributed by atoms with Gasteiger partial charge in [-0.2, -0.15) is 0 Å². The van der Waals surface area contributed by atoms with Crippen LogP contribution in [0.2, 0.25) is 0 Å². The smallest absolute Gasteiger partial charge is 0.433 e. The molecule has 2 heterocycles. The number of ether oxygens (including phenoxy) is 2. The molecule has 0 amide bonds. The number of fused-ring (bicyclic) bond motifs is 2. The van der Waals surface area contributed by atoms with Gasteiger partial charge in [0, 0.05) is 22.3 Å². The molecule has 8 heteroatoms. The zero-order valence-electron chi connectivity index (χ0n) is 21.9. The number of hydrogen-bond donors (Lipinski definition) is 1. The van der Waals surface area contributed by atoms with Gasteiger partial charge in [-0.3, -0.25) is 4.99 Å². The first kappa shape index (κ1) is 25.4. The van der Waals surface area contributed by atoms with E-state index in [0.717, 1.165) is 75.0 Å². The highest BCUT2D eigenvalue weighted by atomic mass is 79.9. The van der Waals surface area contributed by atoms with Crippen LogP contribution in [0.1, 0.15) is 25.7 Å². The third-order valence-corrected chi connectivity index (χ3v) is 7.79. The quantitative estimate of drug-likeness (QED) is 0.252. The van der Waals surface area contributed by atoms with E-state index < -0.39 is 0 Å². The van der Waals surface area contributed by atoms with Crippen molar-refractivity contribution in [1.82, 2.24) is 9.55 Å². The number of benzene rings is 3. The minimum absolute atomic E-state index is 0.216. The molecule has 2 aromatic carbocycles. The Labute approximate surface area is 236 Å². The lowest BCUT2D eigenvalue weighted by atomic mass is 9.93. The number of halogens is 1. The van der Waals surface area contributed by atoms with Gasteiger partial charge in [-0.05, 0) is 80.3 Å². The Hall–Kier alpha value is -3.93. The molecule has 1 N–H and O–H groups in total. The van der Waals surface area contributed by atoms with Crippen molar-refractivity contribution in [1.29, 1.82) is 0 Å². The van der Waals surface area contributed by atoms with Crippen molar-refractivity contribution in [2.45, 2.75) is 37.8 Å². The second-order valence-electron chi connectivity index (χ2n) is 9.69. The van der Waals surface area contributed by atoms with E-state index in [2.05, 4.69) is 79.5 Å². The van der Waals surface area contributed by atoms with Crippen molar-refractivity contribution >= 4 is 38.3 Å². The average Bonchev–Trinajstić information content (AvgIpc) is 2.97. The van der Waals surface area contributed by atoms with Gasteiger partial charge in [-0.1, -0.05) is 28.1 Å². The number of methoxy groups -OCH3 is 2. The Kier molecular flexibility index (Phi) is 7.18. The van der Waals surface area contributed by atoms with Gasteiger partial charge in [0.15, 0.2) is 5.69 Å². The van der Waals surface area contributed by atoms with Gasteiger partial charge >= 0.3 is 12.1 Å². The minimum Gasteiger partial charge on any atom is -0.433 e. The van der Waals surface area contributed by atoms with Gasteiger partial charge in [0.2, 0.25) is 0 Å². The first-order chi connectivity index (χ1) is 19.1. The molecule has 0 atom stereocenters. The monoisotopic (exact) mass is 582 g/mol. The van der Waals surface area contributed by atoms with Crippen LogP contribution in [0.5, 0.6) is 5.88 Å². The Morgan fingerprint density at radius 2 is 1.79 bits per heavy atom. The SMILES string of the molecule is COc1[n+]#cccc1Nc1cc2nc3ccccc3n(-c3ccc(Br)cc3)c-2cc1=NC1CCC(OC)CC1. The highest BCUT2D eigenvalue weighted by molar-refractivity contribution is 9.10. The van der Waals surface area contributed by atoms with E-state index in [0.29, 0.717) is 12.0 Å². The molecule has 3 aromatic rings. The van der Waals surface area contributed by atoms with Crippen LogP contribution in [0.15, 0.2) is 82.3 Å². The molecule has 196 valence electrons. The lowest BCUT2D eigenvalue weighted by Gasteiger charge is -2.25. The lowest BCUT2D eigenvalue weighted by Crippen LogP contribution is -2.25. The number of anilines is 2. The van der Waals surface area contributed by atoms with E-state index in [1.807, 2.05) is 24.3 Å². The third-order valence-electron chi connectivity index (χ3n) is 7.26. The maximum absolute atomic E-state index is 5.60. The number of nitrogens with one attached hydrogen (secondary N) is 1. The Morgan fingerprint density at radius 3 is 2.56 bits per heavy atom. The van der Waals surface area contributed by atoms with Gasteiger partial charge in [0.1, 0.15) is 0 Å². The van der Waals surface area contributed by atoms with Crippen LogP contribution in [-0.2, 0) is 4.74 Å². The summed E-state index contributed by atoms with van der Waals surface area (Å²) >= 11 is 3.58. The predicted molar refractivity (Wildman–Crippen MR) is 155 cm³/mol. The second-order valence-corrected chi connectivity index (χ2v) is 10.6. The summed E-state index contributed by atoms with van der Waals surface area (Å²) in [6, 6.07) is 24.7. The standard InChI is InChI=1S/C31H29BrN5O2/c1-38-23-15-11-21(12-16-23)34-27-19-30-28(18-26(27)36-25-7-5-17-33-31(25)39-2)35-24-6-3-4-8-29(24)37(30)22-13-9-20(32)10-14-22/h3-10,13-14,18-19,21,23,36H,11-12,15-16H2,1-2H3/q+1. The number of para-hydroxylation sites is 2. The maximum Gasteiger partial charge on any atom is 0.524 e. The molecule has 0 saturated heterocycles. The molecule has 0 spiro atoms. The van der Waals surface area contributed by atoms with Crippen LogP contribution in [0.3, 0.4) is 0 Å². The Morgan fingerprint density at radius 1 is 1.00 bits per heavy atom. The topological polar surface area (TPSA) is 74.8 Å². The number of hydrogen-bond acceptors (Lipinski definition) is 5. The molecular formula is C31H29BrN5O2+. The summed E-state index contributed by atoms with van der Waals surface area (Å²) in [6.45, 7) is 0. The Balaban J connectivity index is 1.58. The molecule has 1 fully saturated rings. The van der Waals surface area contributed by atoms with Crippen molar-refractivity contribution < 1.29 is 14.5 Å². The summed E-state index contributed by atoms with van der Waals surface area (Å²) in [5.41, 5.74) is 6.44. The van der Waals surface area contributed by atoms with Crippen molar-refractivity contribution in [3.8, 4) is 23.0 Å². The van der Waals surface area contributed by atoms with Gasteiger partial charge in [0.25, 0.3) is 0 Å². The summed E-state index contributed by atoms with van der Waals surface area (Å²) in [5, 5.41) is 4.40. The van der Waals surface area contributed by atoms with Crippen LogP contribution >= 0.6 is 15.9 Å². The molecule has 6 rings (SSSR count). The summed E-state index contributed by atoms with van der Waals surface area (Å²) in [4.78, 5) is 14.6. The maximum atomic E-state index is 5.60. The fourth-order valence-corrected chi connectivity index (χ4v) is 5.53. The molecule has 1 aliphatic heterocycles. The van der Waals surface area contributed by atoms with Crippen LogP contribution in [-0.4, -0.2) is 35.9 Å². The van der Waals surface area contributed by atoms with Gasteiger partial charge in [-0.15, -0.1) is 0 Å². The van der Waals surface area contributed by atoms with Crippen LogP contribution in [0, 0.1) is 6.20 Å². The largest absolute Gasteiger partial charge is 0.524 e. The molecule has 1 aromatic heterocycles. The molecule has 3 aliphatic rings. The van der Waals surface area contributed by atoms with Crippen molar-refractivity contribution in [3.05, 3.63) is 88.8 Å². The molecular weight excluding hydrogens is 554 g/mol. The van der Waals surface area contributed by atoms with E-state index in [1.54, 1.807) is 20.3 Å². The fourth-order valence-electron chi connectivity index (χ4n) is 5.27. The lowest BCUT2D eigenvalue weighted by molar-refractivity contribution is -0.312. The predicted octanol–water partition coefficient (Wildman–Crippen LogP) is 5.90. The Bertz CT molecular complexity index is 1640. The normalized spacial score (nSPS) is 17.8. The fraction of sp³-hybridized carbons (Fsp3) is 0.258. The summed E-state index contributed by atoms with van der Waals surface area (Å²) in [6.07, 6.45) is 7.16. The number of aromatic nitrogens is 3. The van der Waals surface area contributed by atoms with Gasteiger partial charge in [-0.25, -0.2) is 4.98 Å². The molecule has 0 unspecified atom stereocenters. The molecule has 39 heavy (non-hydrogen) atoms. The van der Waals surface area contributed by atoms with Crippen LogP contribution < -0.4 is 20.4 Å². The van der Waals surface area contributed by atoms with E-state index >= 15 is 0 Å². The van der Waals surface area contributed by atoms with E-state index in [9.17, 15) is 0 Å². The molecule has 7 nitrogen and oxygen atoms in total. The summed E-state index contributed by atoms with van der Waals surface area (Å²) in [5.74, 6) is 0.473. The van der Waals surface area contributed by atoms with Gasteiger partial charge < -0.3 is 19.4 Å². The van der Waals surface area contributed by atoms with Crippen molar-refractivity contribution in [2.24, 2.45) is 4.99 Å². The summed E-state index contributed by atoms with van der Waals surface area (Å²) < 4.78 is 14.4. The zero-order chi connectivity index (χ0) is 26.8. The first-order valence-electron chi connectivity index (χ1n) is 13.1. The zero-order valence-corrected chi connectivity index (χ0v) is 23.5. The molecule has 0 bridgehead atoms. The third kappa shape index (κ3) is 5.20. The van der Waals surface area contributed by atoms with Gasteiger partial charge in [0.05, 0.1) is 58.8 Å². The first-order valence-corrected chi connectivity index (χ1v) is 13.9. The highest BCUT2D eigenvalue weighted by Crippen LogP contribution is 2.32. The average molecular weight is 584 g/mol. The second kappa shape index (κ2) is 11.0. The number of rotatable bonds is 6.